The molecule has 1 aromatic rings. The van der Waals surface area contributed by atoms with Crippen molar-refractivity contribution >= 4 is 17.7 Å². The minimum Gasteiger partial charge on any atom is -0.472 e. The monoisotopic (exact) mass is 367 g/mol. The zero-order valence-electron chi connectivity index (χ0n) is 15.8. The van der Waals surface area contributed by atoms with Crippen LogP contribution in [0.4, 0.5) is 0 Å². The third-order valence-electron chi connectivity index (χ3n) is 4.79. The summed E-state index contributed by atoms with van der Waals surface area (Å²) in [7, 11) is 0. The normalized spacial score (nSPS) is 22.0. The molecule has 1 atom stereocenters. The number of nitrogens with zero attached hydrogens (tertiary/aromatic N) is 5. The molecule has 3 aliphatic rings. The zero-order chi connectivity index (χ0) is 18.6. The maximum absolute atomic E-state index is 5.79. The molecule has 27 heavy (non-hydrogen) atoms. The number of aliphatic imine (C=N–C) groups is 2. The maximum Gasteiger partial charge on any atom is 0.213 e. The van der Waals surface area contributed by atoms with Crippen molar-refractivity contribution in [2.75, 3.05) is 33.0 Å². The number of rotatable bonds is 6. The van der Waals surface area contributed by atoms with E-state index in [-0.39, 0.29) is 6.10 Å². The van der Waals surface area contributed by atoms with E-state index in [0.29, 0.717) is 12.5 Å². The van der Waals surface area contributed by atoms with E-state index in [1.54, 1.807) is 6.20 Å². The van der Waals surface area contributed by atoms with Crippen molar-refractivity contribution < 1.29 is 9.47 Å². The molecule has 0 bridgehead atoms. The van der Waals surface area contributed by atoms with Crippen LogP contribution < -0.4 is 4.74 Å². The molecule has 0 spiro atoms. The smallest absolute Gasteiger partial charge is 0.213 e. The lowest BCUT2D eigenvalue weighted by molar-refractivity contribution is 0.138. The summed E-state index contributed by atoms with van der Waals surface area (Å²) < 4.78 is 11.1. The van der Waals surface area contributed by atoms with Gasteiger partial charge in [0, 0.05) is 38.0 Å². The van der Waals surface area contributed by atoms with E-state index < -0.39 is 0 Å². The molecule has 4 heterocycles. The van der Waals surface area contributed by atoms with Gasteiger partial charge in [-0.05, 0) is 37.6 Å². The van der Waals surface area contributed by atoms with Gasteiger partial charge in [-0.25, -0.2) is 15.0 Å². The molecule has 7 heteroatoms. The number of fused-ring (bicyclic) bond motifs is 1. The lowest BCUT2D eigenvalue weighted by Crippen LogP contribution is -2.43. The van der Waals surface area contributed by atoms with Crippen LogP contribution in [-0.4, -0.2) is 65.5 Å². The fourth-order valence-electron chi connectivity index (χ4n) is 3.21. The molecule has 142 valence electrons. The van der Waals surface area contributed by atoms with Gasteiger partial charge in [0.15, 0.2) is 11.7 Å². The van der Waals surface area contributed by atoms with Crippen molar-refractivity contribution in [1.29, 1.82) is 0 Å². The SMILES string of the molecule is CCN1C=C2N=C(C=Cc3ccc(OC4CCOC4)nc3)N=C2N(CC)C1. The molecular weight excluding hydrogens is 342 g/mol. The topological polar surface area (TPSA) is 62.6 Å². The summed E-state index contributed by atoms with van der Waals surface area (Å²) in [4.78, 5) is 18.2. The van der Waals surface area contributed by atoms with Gasteiger partial charge >= 0.3 is 0 Å². The van der Waals surface area contributed by atoms with Gasteiger partial charge < -0.3 is 19.3 Å². The van der Waals surface area contributed by atoms with Crippen molar-refractivity contribution in [3.63, 3.8) is 0 Å². The highest BCUT2D eigenvalue weighted by molar-refractivity contribution is 6.16. The Morgan fingerprint density at radius 2 is 2.15 bits per heavy atom. The fourth-order valence-corrected chi connectivity index (χ4v) is 3.21. The predicted octanol–water partition coefficient (Wildman–Crippen LogP) is 2.53. The van der Waals surface area contributed by atoms with Crippen LogP contribution in [0.1, 0.15) is 25.8 Å². The summed E-state index contributed by atoms with van der Waals surface area (Å²) >= 11 is 0. The Balaban J connectivity index is 1.43. The quantitative estimate of drug-likeness (QED) is 0.773. The van der Waals surface area contributed by atoms with E-state index in [1.807, 2.05) is 24.3 Å². The van der Waals surface area contributed by atoms with E-state index >= 15 is 0 Å². The lowest BCUT2D eigenvalue weighted by atomic mass is 10.2. The number of pyridine rings is 1. The van der Waals surface area contributed by atoms with Gasteiger partial charge in [0.1, 0.15) is 11.8 Å². The highest BCUT2D eigenvalue weighted by atomic mass is 16.5. The Hall–Kier alpha value is -2.67. The average molecular weight is 367 g/mol. The first-order valence-electron chi connectivity index (χ1n) is 9.52. The molecule has 0 aliphatic carbocycles. The van der Waals surface area contributed by atoms with Gasteiger partial charge in [0.2, 0.25) is 5.88 Å². The van der Waals surface area contributed by atoms with Gasteiger partial charge in [-0.1, -0.05) is 0 Å². The van der Waals surface area contributed by atoms with Crippen LogP contribution in [0.25, 0.3) is 6.08 Å². The molecular formula is C20H25N5O2. The molecule has 0 radical (unpaired) electrons. The molecule has 1 saturated heterocycles. The summed E-state index contributed by atoms with van der Waals surface area (Å²) in [5.41, 5.74) is 1.92. The molecule has 4 rings (SSSR count). The minimum atomic E-state index is 0.114. The summed E-state index contributed by atoms with van der Waals surface area (Å²) in [6.07, 6.45) is 8.83. The summed E-state index contributed by atoms with van der Waals surface area (Å²) in [5.74, 6) is 2.31. The maximum atomic E-state index is 5.79. The van der Waals surface area contributed by atoms with Crippen molar-refractivity contribution in [2.24, 2.45) is 9.98 Å². The van der Waals surface area contributed by atoms with Gasteiger partial charge in [-0.3, -0.25) is 0 Å². The molecule has 1 unspecified atom stereocenters. The molecule has 3 aliphatic heterocycles. The minimum absolute atomic E-state index is 0.114. The fraction of sp³-hybridized carbons (Fsp3) is 0.450. The van der Waals surface area contributed by atoms with Gasteiger partial charge in [-0.2, -0.15) is 0 Å². The van der Waals surface area contributed by atoms with Gasteiger partial charge in [-0.15, -0.1) is 0 Å². The molecule has 0 N–H and O–H groups in total. The molecule has 1 fully saturated rings. The van der Waals surface area contributed by atoms with Gasteiger partial charge in [0.25, 0.3) is 0 Å². The van der Waals surface area contributed by atoms with Crippen LogP contribution in [0.15, 0.2) is 46.3 Å². The molecule has 0 aromatic carbocycles. The first-order valence-corrected chi connectivity index (χ1v) is 9.52. The Bertz CT molecular complexity index is 791. The number of aromatic nitrogens is 1. The summed E-state index contributed by atoms with van der Waals surface area (Å²) in [5, 5.41) is 0. The van der Waals surface area contributed by atoms with E-state index in [2.05, 4.69) is 44.8 Å². The van der Waals surface area contributed by atoms with Crippen molar-refractivity contribution in [3.8, 4) is 5.88 Å². The van der Waals surface area contributed by atoms with E-state index in [0.717, 1.165) is 55.7 Å². The Morgan fingerprint density at radius 1 is 1.22 bits per heavy atom. The number of hydrogen-bond donors (Lipinski definition) is 0. The summed E-state index contributed by atoms with van der Waals surface area (Å²) in [6, 6.07) is 3.88. The van der Waals surface area contributed by atoms with Crippen LogP contribution in [0.3, 0.4) is 0 Å². The highest BCUT2D eigenvalue weighted by Crippen LogP contribution is 2.21. The van der Waals surface area contributed by atoms with Gasteiger partial charge in [0.05, 0.1) is 19.9 Å². The van der Waals surface area contributed by atoms with Crippen molar-refractivity contribution in [2.45, 2.75) is 26.4 Å². The third-order valence-corrected chi connectivity index (χ3v) is 4.79. The Morgan fingerprint density at radius 3 is 2.85 bits per heavy atom. The predicted molar refractivity (Wildman–Crippen MR) is 106 cm³/mol. The first-order chi connectivity index (χ1) is 13.2. The van der Waals surface area contributed by atoms with E-state index in [9.17, 15) is 0 Å². The van der Waals surface area contributed by atoms with Crippen LogP contribution >= 0.6 is 0 Å². The third kappa shape index (κ3) is 4.03. The standard InChI is InChI=1S/C20H25N5O2/c1-3-24-12-17-20(25(4-2)14-24)23-18(22-17)7-5-15-6-8-19(21-11-15)27-16-9-10-26-13-16/h5-8,11-12,16H,3-4,9-10,13-14H2,1-2H3. The molecule has 0 saturated carbocycles. The number of ether oxygens (including phenoxy) is 2. The van der Waals surface area contributed by atoms with Crippen molar-refractivity contribution in [1.82, 2.24) is 14.8 Å². The average Bonchev–Trinajstić information content (AvgIpc) is 3.35. The van der Waals surface area contributed by atoms with E-state index in [4.69, 9.17) is 9.47 Å². The van der Waals surface area contributed by atoms with Crippen molar-refractivity contribution in [3.05, 3.63) is 41.9 Å². The molecule has 0 amide bonds. The van der Waals surface area contributed by atoms with Crippen LogP contribution in [0.5, 0.6) is 5.88 Å². The number of amidine groups is 2. The highest BCUT2D eigenvalue weighted by Gasteiger charge is 2.26. The van der Waals surface area contributed by atoms with Crippen LogP contribution in [0, 0.1) is 0 Å². The van der Waals surface area contributed by atoms with E-state index in [1.165, 1.54) is 0 Å². The number of likely N-dealkylation sites (N-methyl/N-ethyl adjacent to an activating group) is 1. The largest absolute Gasteiger partial charge is 0.472 e. The second kappa shape index (κ2) is 7.92. The molecule has 1 aromatic heterocycles. The Labute approximate surface area is 159 Å². The summed E-state index contributed by atoms with van der Waals surface area (Å²) in [6.45, 7) is 8.42. The Kier molecular flexibility index (Phi) is 5.20. The first kappa shape index (κ1) is 17.7. The lowest BCUT2D eigenvalue weighted by Gasteiger charge is -2.33. The zero-order valence-corrected chi connectivity index (χ0v) is 15.8. The second-order valence-corrected chi connectivity index (χ2v) is 6.69. The van der Waals surface area contributed by atoms with Crippen LogP contribution in [0.2, 0.25) is 0 Å². The second-order valence-electron chi connectivity index (χ2n) is 6.69. The van der Waals surface area contributed by atoms with Crippen LogP contribution in [-0.2, 0) is 4.74 Å². The molecule has 7 nitrogen and oxygen atoms in total. The number of hydrogen-bond acceptors (Lipinski definition) is 7.